The van der Waals surface area contributed by atoms with E-state index in [0.717, 1.165) is 10.6 Å². The van der Waals surface area contributed by atoms with Gasteiger partial charge in [-0.25, -0.2) is 4.98 Å². The van der Waals surface area contributed by atoms with Crippen molar-refractivity contribution in [2.45, 2.75) is 0 Å². The van der Waals surface area contributed by atoms with Crippen LogP contribution in [0.3, 0.4) is 0 Å². The number of hydrazine groups is 1. The van der Waals surface area contributed by atoms with Gasteiger partial charge in [0.15, 0.2) is 11.5 Å². The number of thiazole rings is 1. The topological polar surface area (TPSA) is 89.6 Å². The lowest BCUT2D eigenvalue weighted by atomic mass is 10.2. The number of hydrogen-bond donors (Lipinski definition) is 2. The van der Waals surface area contributed by atoms with Gasteiger partial charge in [0, 0.05) is 21.9 Å². The lowest BCUT2D eigenvalue weighted by Crippen LogP contribution is -2.41. The van der Waals surface area contributed by atoms with Crippen LogP contribution in [0.5, 0.6) is 11.5 Å². The van der Waals surface area contributed by atoms with Gasteiger partial charge in [-0.2, -0.15) is 11.3 Å². The molecule has 0 saturated heterocycles. The van der Waals surface area contributed by atoms with Gasteiger partial charge in [0.25, 0.3) is 11.8 Å². The SMILES string of the molecule is COc1ccc(C(=O)NNC(=O)c2csc(-c3ccsc3)n2)cc1OC. The largest absolute Gasteiger partial charge is 0.493 e. The van der Waals surface area contributed by atoms with Crippen LogP contribution in [0.2, 0.25) is 0 Å². The normalized spacial score (nSPS) is 10.2. The second-order valence-corrected chi connectivity index (χ2v) is 6.67. The van der Waals surface area contributed by atoms with E-state index in [9.17, 15) is 9.59 Å². The van der Waals surface area contributed by atoms with Crippen LogP contribution in [-0.2, 0) is 0 Å². The fourth-order valence-corrected chi connectivity index (χ4v) is 3.64. The van der Waals surface area contributed by atoms with Crippen LogP contribution in [0.25, 0.3) is 10.6 Å². The molecular formula is C17H15N3O4S2. The Hall–Kier alpha value is -2.91. The zero-order valence-electron chi connectivity index (χ0n) is 13.9. The summed E-state index contributed by atoms with van der Waals surface area (Å²) < 4.78 is 10.3. The van der Waals surface area contributed by atoms with Crippen LogP contribution >= 0.6 is 22.7 Å². The van der Waals surface area contributed by atoms with Crippen LogP contribution in [0.15, 0.2) is 40.4 Å². The van der Waals surface area contributed by atoms with Gasteiger partial charge >= 0.3 is 0 Å². The molecule has 0 radical (unpaired) electrons. The average Bonchev–Trinajstić information content (AvgIpc) is 3.36. The van der Waals surface area contributed by atoms with Gasteiger partial charge in [0.05, 0.1) is 14.2 Å². The Morgan fingerprint density at radius 1 is 1.00 bits per heavy atom. The molecule has 0 fully saturated rings. The van der Waals surface area contributed by atoms with Crippen molar-refractivity contribution in [3.05, 3.63) is 51.7 Å². The van der Waals surface area contributed by atoms with Crippen molar-refractivity contribution in [2.75, 3.05) is 14.2 Å². The Labute approximate surface area is 157 Å². The molecule has 0 aliphatic carbocycles. The van der Waals surface area contributed by atoms with Gasteiger partial charge < -0.3 is 9.47 Å². The minimum atomic E-state index is -0.489. The summed E-state index contributed by atoms with van der Waals surface area (Å²) in [5.74, 6) is -0.0351. The zero-order chi connectivity index (χ0) is 18.5. The summed E-state index contributed by atoms with van der Waals surface area (Å²) in [7, 11) is 2.99. The molecule has 0 atom stereocenters. The molecule has 2 amide bonds. The van der Waals surface area contributed by atoms with Crippen molar-refractivity contribution in [3.63, 3.8) is 0 Å². The monoisotopic (exact) mass is 389 g/mol. The number of thiophene rings is 1. The fraction of sp³-hybridized carbons (Fsp3) is 0.118. The number of methoxy groups -OCH3 is 2. The minimum absolute atomic E-state index is 0.240. The summed E-state index contributed by atoms with van der Waals surface area (Å²) >= 11 is 2.93. The van der Waals surface area contributed by atoms with Crippen molar-refractivity contribution in [1.82, 2.24) is 15.8 Å². The molecule has 3 aromatic rings. The molecule has 0 unspecified atom stereocenters. The quantitative estimate of drug-likeness (QED) is 0.655. The maximum atomic E-state index is 12.2. The number of ether oxygens (including phenoxy) is 2. The highest BCUT2D eigenvalue weighted by molar-refractivity contribution is 7.14. The molecule has 0 bridgehead atoms. The van der Waals surface area contributed by atoms with E-state index in [1.54, 1.807) is 28.8 Å². The Kier molecular flexibility index (Phi) is 5.49. The Bertz CT molecular complexity index is 922. The average molecular weight is 389 g/mol. The number of rotatable bonds is 5. The number of benzene rings is 1. The van der Waals surface area contributed by atoms with Crippen LogP contribution in [0.1, 0.15) is 20.8 Å². The van der Waals surface area contributed by atoms with Crippen LogP contribution in [-0.4, -0.2) is 31.0 Å². The smallest absolute Gasteiger partial charge is 0.289 e. The highest BCUT2D eigenvalue weighted by atomic mass is 32.1. The predicted octanol–water partition coefficient (Wildman–Crippen LogP) is 2.96. The third kappa shape index (κ3) is 3.84. The third-order valence-corrected chi connectivity index (χ3v) is 5.01. The molecule has 2 aromatic heterocycles. The second kappa shape index (κ2) is 7.98. The molecular weight excluding hydrogens is 374 g/mol. The molecule has 134 valence electrons. The fourth-order valence-electron chi connectivity index (χ4n) is 2.12. The first kappa shape index (κ1) is 17.9. The van der Waals surface area contributed by atoms with Gasteiger partial charge in [0.1, 0.15) is 10.7 Å². The van der Waals surface area contributed by atoms with Crippen LogP contribution < -0.4 is 20.3 Å². The van der Waals surface area contributed by atoms with Gasteiger partial charge in [-0.1, -0.05) is 0 Å². The van der Waals surface area contributed by atoms with E-state index >= 15 is 0 Å². The van der Waals surface area contributed by atoms with E-state index < -0.39 is 11.8 Å². The summed E-state index contributed by atoms with van der Waals surface area (Å²) in [5, 5.41) is 6.30. The van der Waals surface area contributed by atoms with Gasteiger partial charge in [0.2, 0.25) is 0 Å². The molecule has 1 aromatic carbocycles. The van der Waals surface area contributed by atoms with E-state index in [-0.39, 0.29) is 5.69 Å². The van der Waals surface area contributed by atoms with Crippen LogP contribution in [0.4, 0.5) is 0 Å². The van der Waals surface area contributed by atoms with Crippen molar-refractivity contribution in [3.8, 4) is 22.1 Å². The Morgan fingerprint density at radius 3 is 2.46 bits per heavy atom. The summed E-state index contributed by atoms with van der Waals surface area (Å²) in [6.45, 7) is 0. The van der Waals surface area contributed by atoms with Gasteiger partial charge in [-0.3, -0.25) is 20.4 Å². The third-order valence-electron chi connectivity index (χ3n) is 3.44. The van der Waals surface area contributed by atoms with Crippen molar-refractivity contribution in [2.24, 2.45) is 0 Å². The summed E-state index contributed by atoms with van der Waals surface area (Å²) in [4.78, 5) is 28.6. The zero-order valence-corrected chi connectivity index (χ0v) is 15.6. The van der Waals surface area contributed by atoms with Gasteiger partial charge in [-0.15, -0.1) is 11.3 Å². The van der Waals surface area contributed by atoms with E-state index in [1.807, 2.05) is 16.8 Å². The lowest BCUT2D eigenvalue weighted by Gasteiger charge is -2.10. The molecule has 7 nitrogen and oxygen atoms in total. The first-order chi connectivity index (χ1) is 12.6. The molecule has 0 spiro atoms. The minimum Gasteiger partial charge on any atom is -0.493 e. The highest BCUT2D eigenvalue weighted by Crippen LogP contribution is 2.27. The number of carbonyl (C=O) groups excluding carboxylic acids is 2. The molecule has 2 heterocycles. The number of nitrogens with zero attached hydrogens (tertiary/aromatic N) is 1. The molecule has 3 rings (SSSR count). The van der Waals surface area contributed by atoms with E-state index in [0.29, 0.717) is 17.1 Å². The van der Waals surface area contributed by atoms with Crippen molar-refractivity contribution in [1.29, 1.82) is 0 Å². The van der Waals surface area contributed by atoms with E-state index in [4.69, 9.17) is 9.47 Å². The summed E-state index contributed by atoms with van der Waals surface area (Å²) in [5.41, 5.74) is 6.25. The Morgan fingerprint density at radius 2 is 1.77 bits per heavy atom. The maximum absolute atomic E-state index is 12.2. The lowest BCUT2D eigenvalue weighted by molar-refractivity contribution is 0.0844. The van der Waals surface area contributed by atoms with E-state index in [2.05, 4.69) is 15.8 Å². The summed E-state index contributed by atoms with van der Waals surface area (Å²) in [6.07, 6.45) is 0. The Balaban J connectivity index is 1.63. The van der Waals surface area contributed by atoms with Crippen molar-refractivity contribution >= 4 is 34.5 Å². The molecule has 26 heavy (non-hydrogen) atoms. The van der Waals surface area contributed by atoms with Crippen LogP contribution in [0, 0.1) is 0 Å². The molecule has 9 heteroatoms. The number of nitrogens with one attached hydrogen (secondary N) is 2. The number of amides is 2. The van der Waals surface area contributed by atoms with Gasteiger partial charge in [-0.05, 0) is 29.6 Å². The maximum Gasteiger partial charge on any atom is 0.289 e. The number of carbonyl (C=O) groups is 2. The number of hydrogen-bond acceptors (Lipinski definition) is 7. The first-order valence-corrected chi connectivity index (χ1v) is 9.25. The van der Waals surface area contributed by atoms with Crippen molar-refractivity contribution < 1.29 is 19.1 Å². The second-order valence-electron chi connectivity index (χ2n) is 5.03. The standard InChI is InChI=1S/C17H15N3O4S2/c1-23-13-4-3-10(7-14(13)24-2)15(21)19-20-16(22)12-9-26-17(18-12)11-5-6-25-8-11/h3-9H,1-2H3,(H,19,21)(H,20,22). The predicted molar refractivity (Wildman–Crippen MR) is 99.9 cm³/mol. The first-order valence-electron chi connectivity index (χ1n) is 7.43. The molecule has 2 N–H and O–H groups in total. The summed E-state index contributed by atoms with van der Waals surface area (Å²) in [6, 6.07) is 6.64. The molecule has 0 saturated carbocycles. The van der Waals surface area contributed by atoms with E-state index in [1.165, 1.54) is 31.6 Å². The number of aromatic nitrogens is 1. The molecule has 0 aliphatic heterocycles. The molecule has 0 aliphatic rings. The highest BCUT2D eigenvalue weighted by Gasteiger charge is 2.15.